The van der Waals surface area contributed by atoms with Gasteiger partial charge in [-0.05, 0) is 13.8 Å². The maximum atomic E-state index is 10.8. The van der Waals surface area contributed by atoms with Crippen molar-refractivity contribution in [1.29, 1.82) is 0 Å². The molecule has 0 bridgehead atoms. The predicted molar refractivity (Wildman–Crippen MR) is 45.6 cm³/mol. The van der Waals surface area contributed by atoms with E-state index in [4.69, 9.17) is 0 Å². The molecule has 0 radical (unpaired) electrons. The third-order valence-electron chi connectivity index (χ3n) is 0.935. The summed E-state index contributed by atoms with van der Waals surface area (Å²) >= 11 is 3.03. The Morgan fingerprint density at radius 1 is 1.55 bits per heavy atom. The van der Waals surface area contributed by atoms with Gasteiger partial charge >= 0.3 is 6.03 Å². The Bertz CT molecular complexity index is 159. The van der Waals surface area contributed by atoms with Crippen LogP contribution < -0.4 is 10.6 Å². The summed E-state index contributed by atoms with van der Waals surface area (Å²) in [6.07, 6.45) is 0. The van der Waals surface area contributed by atoms with Gasteiger partial charge in [0.2, 0.25) is 5.91 Å². The average molecular weight is 223 g/mol. The minimum absolute atomic E-state index is 0.337. The second kappa shape index (κ2) is 5.12. The summed E-state index contributed by atoms with van der Waals surface area (Å²) in [4.78, 5) is 21.2. The van der Waals surface area contributed by atoms with Crippen LogP contribution in [-0.4, -0.2) is 23.3 Å². The topological polar surface area (TPSA) is 58.2 Å². The Hall–Kier alpha value is -0.580. The summed E-state index contributed by atoms with van der Waals surface area (Å²) in [5.41, 5.74) is 0. The first-order chi connectivity index (χ1) is 5.07. The molecule has 0 saturated carbocycles. The SMILES string of the molecule is CCNC(=O)NC(=O)C(C)Br. The highest BCUT2D eigenvalue weighted by atomic mass is 79.9. The Kier molecular flexibility index (Phi) is 4.85. The van der Waals surface area contributed by atoms with Gasteiger partial charge in [-0.25, -0.2) is 4.79 Å². The number of urea groups is 1. The van der Waals surface area contributed by atoms with Crippen molar-refractivity contribution in [3.63, 3.8) is 0 Å². The number of nitrogens with one attached hydrogen (secondary N) is 2. The molecular formula is C6H11BrN2O2. The molecule has 5 heteroatoms. The Balaban J connectivity index is 3.67. The first kappa shape index (κ1) is 10.4. The summed E-state index contributed by atoms with van der Waals surface area (Å²) in [6.45, 7) is 3.94. The van der Waals surface area contributed by atoms with Gasteiger partial charge in [0, 0.05) is 6.54 Å². The zero-order valence-corrected chi connectivity index (χ0v) is 8.06. The standard InChI is InChI=1S/C6H11BrN2O2/c1-3-8-6(11)9-5(10)4(2)7/h4H,3H2,1-2H3,(H2,8,9,10,11). The highest BCUT2D eigenvalue weighted by Crippen LogP contribution is 1.95. The van der Waals surface area contributed by atoms with E-state index in [0.29, 0.717) is 6.54 Å². The minimum atomic E-state index is -0.455. The number of amides is 3. The number of imide groups is 1. The van der Waals surface area contributed by atoms with E-state index in [1.807, 2.05) is 0 Å². The summed E-state index contributed by atoms with van der Waals surface area (Å²) in [5, 5.41) is 4.58. The molecule has 4 nitrogen and oxygen atoms in total. The van der Waals surface area contributed by atoms with Crippen molar-refractivity contribution in [2.24, 2.45) is 0 Å². The molecule has 0 saturated heterocycles. The van der Waals surface area contributed by atoms with E-state index in [0.717, 1.165) is 0 Å². The third kappa shape index (κ3) is 4.78. The van der Waals surface area contributed by atoms with Gasteiger partial charge in [0.05, 0.1) is 4.83 Å². The molecule has 64 valence electrons. The van der Waals surface area contributed by atoms with Crippen molar-refractivity contribution in [3.05, 3.63) is 0 Å². The van der Waals surface area contributed by atoms with Crippen LogP contribution in [0, 0.1) is 0 Å². The fourth-order valence-electron chi connectivity index (χ4n) is 0.416. The molecule has 0 fully saturated rings. The smallest absolute Gasteiger partial charge is 0.321 e. The van der Waals surface area contributed by atoms with Crippen molar-refractivity contribution in [2.45, 2.75) is 18.7 Å². The highest BCUT2D eigenvalue weighted by Gasteiger charge is 2.10. The highest BCUT2D eigenvalue weighted by molar-refractivity contribution is 9.10. The second-order valence-corrected chi connectivity index (χ2v) is 3.34. The Morgan fingerprint density at radius 2 is 2.09 bits per heavy atom. The molecule has 11 heavy (non-hydrogen) atoms. The number of hydrogen-bond donors (Lipinski definition) is 2. The number of carbonyl (C=O) groups is 2. The molecule has 3 amide bonds. The number of halogens is 1. The lowest BCUT2D eigenvalue weighted by atomic mass is 10.4. The molecule has 0 aromatic rings. The van der Waals surface area contributed by atoms with Crippen LogP contribution in [-0.2, 0) is 4.79 Å². The van der Waals surface area contributed by atoms with Crippen LogP contribution in [0.4, 0.5) is 4.79 Å². The van der Waals surface area contributed by atoms with E-state index < -0.39 is 6.03 Å². The molecule has 0 aliphatic carbocycles. The largest absolute Gasteiger partial charge is 0.338 e. The Morgan fingerprint density at radius 3 is 2.45 bits per heavy atom. The molecule has 0 rings (SSSR count). The summed E-state index contributed by atoms with van der Waals surface area (Å²) in [7, 11) is 0. The van der Waals surface area contributed by atoms with Crippen LogP contribution in [0.25, 0.3) is 0 Å². The molecule has 0 heterocycles. The lowest BCUT2D eigenvalue weighted by Gasteiger charge is -2.04. The lowest BCUT2D eigenvalue weighted by Crippen LogP contribution is -2.41. The van der Waals surface area contributed by atoms with Gasteiger partial charge in [-0.1, -0.05) is 15.9 Å². The predicted octanol–water partition coefficient (Wildman–Crippen LogP) is 0.616. The molecule has 1 atom stereocenters. The van der Waals surface area contributed by atoms with Gasteiger partial charge in [-0.3, -0.25) is 10.1 Å². The van der Waals surface area contributed by atoms with E-state index >= 15 is 0 Å². The molecule has 0 aromatic carbocycles. The summed E-state index contributed by atoms with van der Waals surface area (Å²) in [6, 6.07) is -0.455. The fourth-order valence-corrected chi connectivity index (χ4v) is 0.531. The first-order valence-corrected chi connectivity index (χ1v) is 4.22. The van der Waals surface area contributed by atoms with Crippen molar-refractivity contribution in [1.82, 2.24) is 10.6 Å². The van der Waals surface area contributed by atoms with Crippen LogP contribution >= 0.6 is 15.9 Å². The van der Waals surface area contributed by atoms with Crippen molar-refractivity contribution < 1.29 is 9.59 Å². The number of carbonyl (C=O) groups excluding carboxylic acids is 2. The number of alkyl halides is 1. The monoisotopic (exact) mass is 222 g/mol. The van der Waals surface area contributed by atoms with Gasteiger partial charge in [0.15, 0.2) is 0 Å². The molecule has 1 unspecified atom stereocenters. The van der Waals surface area contributed by atoms with E-state index in [1.165, 1.54) is 0 Å². The quantitative estimate of drug-likeness (QED) is 0.674. The maximum absolute atomic E-state index is 10.8. The fraction of sp³-hybridized carbons (Fsp3) is 0.667. The molecule has 0 aliphatic heterocycles. The number of hydrogen-bond acceptors (Lipinski definition) is 2. The van der Waals surface area contributed by atoms with Crippen molar-refractivity contribution >= 4 is 27.9 Å². The zero-order valence-electron chi connectivity index (χ0n) is 6.48. The van der Waals surface area contributed by atoms with Gasteiger partial charge in [-0.15, -0.1) is 0 Å². The van der Waals surface area contributed by atoms with Gasteiger partial charge in [-0.2, -0.15) is 0 Å². The Labute approximate surface area is 73.9 Å². The minimum Gasteiger partial charge on any atom is -0.338 e. The third-order valence-corrected chi connectivity index (χ3v) is 1.35. The van der Waals surface area contributed by atoms with E-state index in [1.54, 1.807) is 13.8 Å². The van der Waals surface area contributed by atoms with Gasteiger partial charge < -0.3 is 5.32 Å². The molecule has 0 aliphatic rings. The summed E-state index contributed by atoms with van der Waals surface area (Å²) in [5.74, 6) is -0.337. The van der Waals surface area contributed by atoms with E-state index in [2.05, 4.69) is 26.6 Å². The van der Waals surface area contributed by atoms with Crippen LogP contribution in [0.3, 0.4) is 0 Å². The second-order valence-electron chi connectivity index (χ2n) is 1.96. The maximum Gasteiger partial charge on any atom is 0.321 e. The van der Waals surface area contributed by atoms with Crippen LogP contribution in [0.1, 0.15) is 13.8 Å². The van der Waals surface area contributed by atoms with Crippen LogP contribution in [0.5, 0.6) is 0 Å². The van der Waals surface area contributed by atoms with E-state index in [-0.39, 0.29) is 10.7 Å². The average Bonchev–Trinajstić information content (AvgIpc) is 1.87. The van der Waals surface area contributed by atoms with Crippen molar-refractivity contribution in [2.75, 3.05) is 6.54 Å². The molecule has 0 spiro atoms. The van der Waals surface area contributed by atoms with Crippen molar-refractivity contribution in [3.8, 4) is 0 Å². The van der Waals surface area contributed by atoms with E-state index in [9.17, 15) is 9.59 Å². The van der Waals surface area contributed by atoms with Crippen LogP contribution in [0.2, 0.25) is 0 Å². The summed E-state index contributed by atoms with van der Waals surface area (Å²) < 4.78 is 0. The normalized spacial score (nSPS) is 11.9. The molecular weight excluding hydrogens is 212 g/mol. The molecule has 0 aromatic heterocycles. The van der Waals surface area contributed by atoms with Gasteiger partial charge in [0.25, 0.3) is 0 Å². The lowest BCUT2D eigenvalue weighted by molar-refractivity contribution is -0.119. The van der Waals surface area contributed by atoms with Gasteiger partial charge in [0.1, 0.15) is 0 Å². The zero-order chi connectivity index (χ0) is 8.85. The van der Waals surface area contributed by atoms with Crippen LogP contribution in [0.15, 0.2) is 0 Å². The molecule has 2 N–H and O–H groups in total. The number of rotatable bonds is 2. The first-order valence-electron chi connectivity index (χ1n) is 3.30.